The Labute approximate surface area is 95.6 Å². The van der Waals surface area contributed by atoms with E-state index in [1.165, 1.54) is 0 Å². The van der Waals surface area contributed by atoms with Crippen molar-refractivity contribution in [2.45, 2.75) is 32.7 Å². The normalized spacial score (nSPS) is 20.1. The van der Waals surface area contributed by atoms with Crippen molar-refractivity contribution in [3.8, 4) is 0 Å². The Morgan fingerprint density at radius 2 is 2.06 bits per heavy atom. The zero-order valence-electron chi connectivity index (χ0n) is 9.85. The summed E-state index contributed by atoms with van der Waals surface area (Å²) in [5.74, 6) is -0.573. The molecule has 16 heavy (non-hydrogen) atoms. The van der Waals surface area contributed by atoms with Crippen molar-refractivity contribution in [1.29, 1.82) is 0 Å². The number of hydrogen-bond acceptors (Lipinski definition) is 3. The van der Waals surface area contributed by atoms with E-state index < -0.39 is 12.0 Å². The van der Waals surface area contributed by atoms with Crippen LogP contribution in [0.4, 0.5) is 0 Å². The number of hydrogen-bond donors (Lipinski definition) is 2. The molecule has 0 aromatic heterocycles. The number of carboxylic acid groups (broad SMARTS) is 1. The summed E-state index contributed by atoms with van der Waals surface area (Å²) in [7, 11) is 0. The number of nitrogens with zero attached hydrogens (tertiary/aromatic N) is 1. The van der Waals surface area contributed by atoms with Gasteiger partial charge in [-0.25, -0.2) is 0 Å². The van der Waals surface area contributed by atoms with Crippen LogP contribution in [0.5, 0.6) is 0 Å². The van der Waals surface area contributed by atoms with Gasteiger partial charge in [-0.3, -0.25) is 9.59 Å². The van der Waals surface area contributed by atoms with Gasteiger partial charge in [0.15, 0.2) is 0 Å². The molecule has 0 spiro atoms. The van der Waals surface area contributed by atoms with Gasteiger partial charge in [0.1, 0.15) is 0 Å². The Morgan fingerprint density at radius 1 is 1.50 bits per heavy atom. The van der Waals surface area contributed by atoms with E-state index in [2.05, 4.69) is 0 Å². The second-order valence-corrected chi connectivity index (χ2v) is 4.62. The van der Waals surface area contributed by atoms with Gasteiger partial charge in [-0.05, 0) is 5.92 Å². The average molecular weight is 228 g/mol. The number of carbonyl (C=O) groups is 2. The van der Waals surface area contributed by atoms with Gasteiger partial charge in [-0.2, -0.15) is 0 Å². The minimum absolute atomic E-state index is 0.0454. The third-order valence-corrected chi connectivity index (χ3v) is 3.27. The van der Waals surface area contributed by atoms with Crippen LogP contribution in [0.25, 0.3) is 0 Å². The first-order valence-corrected chi connectivity index (χ1v) is 5.71. The number of carbonyl (C=O) groups excluding carboxylic acids is 1. The molecule has 0 aromatic rings. The largest absolute Gasteiger partial charge is 0.481 e. The van der Waals surface area contributed by atoms with E-state index in [9.17, 15) is 9.59 Å². The molecule has 5 nitrogen and oxygen atoms in total. The van der Waals surface area contributed by atoms with E-state index in [-0.39, 0.29) is 24.2 Å². The molecule has 0 radical (unpaired) electrons. The number of likely N-dealkylation sites (tertiary alicyclic amines) is 1. The van der Waals surface area contributed by atoms with E-state index in [0.717, 1.165) is 6.42 Å². The summed E-state index contributed by atoms with van der Waals surface area (Å²) in [5.41, 5.74) is 5.82. The highest BCUT2D eigenvalue weighted by atomic mass is 16.4. The standard InChI is InChI=1S/C11H20N2O3/c1-3-7(2)10(12)11(16)13-5-8(6-13)4-9(14)15/h7-8,10H,3-6,12H2,1-2H3,(H,14,15)/t7-,10-/m0/s1. The van der Waals surface area contributed by atoms with Gasteiger partial charge in [0.2, 0.25) is 5.91 Å². The summed E-state index contributed by atoms with van der Waals surface area (Å²) < 4.78 is 0. The lowest BCUT2D eigenvalue weighted by molar-refractivity contribution is -0.146. The highest BCUT2D eigenvalue weighted by molar-refractivity contribution is 5.83. The molecule has 1 rings (SSSR count). The molecule has 1 saturated heterocycles. The van der Waals surface area contributed by atoms with E-state index in [4.69, 9.17) is 10.8 Å². The lowest BCUT2D eigenvalue weighted by atomic mass is 9.92. The van der Waals surface area contributed by atoms with Crippen LogP contribution in [0, 0.1) is 11.8 Å². The van der Waals surface area contributed by atoms with Gasteiger partial charge < -0.3 is 15.7 Å². The van der Waals surface area contributed by atoms with E-state index in [1.54, 1.807) is 4.90 Å². The molecular weight excluding hydrogens is 208 g/mol. The van der Waals surface area contributed by atoms with Crippen molar-refractivity contribution in [2.24, 2.45) is 17.6 Å². The first-order chi connectivity index (χ1) is 7.45. The highest BCUT2D eigenvalue weighted by Crippen LogP contribution is 2.21. The molecule has 1 heterocycles. The molecule has 1 fully saturated rings. The molecule has 92 valence electrons. The first kappa shape index (κ1) is 13.0. The molecule has 0 saturated carbocycles. The second-order valence-electron chi connectivity index (χ2n) is 4.62. The van der Waals surface area contributed by atoms with Crippen LogP contribution in [0.15, 0.2) is 0 Å². The molecule has 5 heteroatoms. The van der Waals surface area contributed by atoms with Gasteiger partial charge in [0, 0.05) is 19.0 Å². The van der Waals surface area contributed by atoms with Crippen LogP contribution in [0.2, 0.25) is 0 Å². The third kappa shape index (κ3) is 2.95. The summed E-state index contributed by atoms with van der Waals surface area (Å²) in [6, 6.07) is -0.448. The van der Waals surface area contributed by atoms with Crippen molar-refractivity contribution < 1.29 is 14.7 Å². The molecular formula is C11H20N2O3. The molecule has 0 unspecified atom stereocenters. The van der Waals surface area contributed by atoms with Crippen molar-refractivity contribution in [1.82, 2.24) is 4.90 Å². The zero-order chi connectivity index (χ0) is 12.3. The van der Waals surface area contributed by atoms with Crippen LogP contribution >= 0.6 is 0 Å². The fourth-order valence-electron chi connectivity index (χ4n) is 1.83. The Balaban J connectivity index is 2.34. The first-order valence-electron chi connectivity index (χ1n) is 5.71. The molecule has 0 aliphatic carbocycles. The molecule has 1 aliphatic rings. The van der Waals surface area contributed by atoms with Crippen LogP contribution in [-0.4, -0.2) is 41.0 Å². The smallest absolute Gasteiger partial charge is 0.303 e. The van der Waals surface area contributed by atoms with Gasteiger partial charge in [-0.1, -0.05) is 20.3 Å². The maximum atomic E-state index is 11.8. The van der Waals surface area contributed by atoms with Crippen LogP contribution in [0.3, 0.4) is 0 Å². The fourth-order valence-corrected chi connectivity index (χ4v) is 1.83. The summed E-state index contributed by atoms with van der Waals surface area (Å²) in [6.07, 6.45) is 1.02. The Kier molecular flexibility index (Phi) is 4.29. The number of amides is 1. The summed E-state index contributed by atoms with van der Waals surface area (Å²) in [6.45, 7) is 5.03. The van der Waals surface area contributed by atoms with E-state index in [1.807, 2.05) is 13.8 Å². The van der Waals surface area contributed by atoms with Gasteiger partial charge in [0.05, 0.1) is 12.5 Å². The predicted octanol–water partition coefficient (Wildman–Crippen LogP) is 0.293. The Bertz CT molecular complexity index is 274. The van der Waals surface area contributed by atoms with Crippen molar-refractivity contribution >= 4 is 11.9 Å². The quantitative estimate of drug-likeness (QED) is 0.708. The topological polar surface area (TPSA) is 83.6 Å². The number of rotatable bonds is 5. The Morgan fingerprint density at radius 3 is 2.50 bits per heavy atom. The van der Waals surface area contributed by atoms with Gasteiger partial charge in [-0.15, -0.1) is 0 Å². The maximum Gasteiger partial charge on any atom is 0.303 e. The minimum Gasteiger partial charge on any atom is -0.481 e. The van der Waals surface area contributed by atoms with Crippen LogP contribution in [-0.2, 0) is 9.59 Å². The minimum atomic E-state index is -0.802. The third-order valence-electron chi connectivity index (χ3n) is 3.27. The zero-order valence-corrected chi connectivity index (χ0v) is 9.85. The highest BCUT2D eigenvalue weighted by Gasteiger charge is 2.35. The number of aliphatic carboxylic acids is 1. The van der Waals surface area contributed by atoms with E-state index >= 15 is 0 Å². The molecule has 1 aliphatic heterocycles. The van der Waals surface area contributed by atoms with Crippen molar-refractivity contribution in [3.05, 3.63) is 0 Å². The lowest BCUT2D eigenvalue weighted by Gasteiger charge is -2.40. The lowest BCUT2D eigenvalue weighted by Crippen LogP contribution is -2.56. The van der Waals surface area contributed by atoms with Crippen molar-refractivity contribution in [3.63, 3.8) is 0 Å². The summed E-state index contributed by atoms with van der Waals surface area (Å²) >= 11 is 0. The average Bonchev–Trinajstić information content (AvgIpc) is 2.19. The van der Waals surface area contributed by atoms with Crippen LogP contribution in [0.1, 0.15) is 26.7 Å². The second kappa shape index (κ2) is 5.30. The summed E-state index contributed by atoms with van der Waals surface area (Å²) in [5, 5.41) is 8.58. The maximum absolute atomic E-state index is 11.8. The van der Waals surface area contributed by atoms with E-state index in [0.29, 0.717) is 13.1 Å². The Hall–Kier alpha value is -1.10. The molecule has 0 aromatic carbocycles. The van der Waals surface area contributed by atoms with Gasteiger partial charge in [0.25, 0.3) is 0 Å². The molecule has 0 bridgehead atoms. The fraction of sp³-hybridized carbons (Fsp3) is 0.818. The molecule has 2 atom stereocenters. The van der Waals surface area contributed by atoms with Crippen molar-refractivity contribution in [2.75, 3.05) is 13.1 Å². The number of carboxylic acids is 1. The molecule has 1 amide bonds. The van der Waals surface area contributed by atoms with Crippen LogP contribution < -0.4 is 5.73 Å². The van der Waals surface area contributed by atoms with Gasteiger partial charge >= 0.3 is 5.97 Å². The molecule has 3 N–H and O–H groups in total. The SMILES string of the molecule is CC[C@H](C)[C@H](N)C(=O)N1CC(CC(=O)O)C1. The number of nitrogens with two attached hydrogens (primary N) is 1. The monoisotopic (exact) mass is 228 g/mol. The predicted molar refractivity (Wildman–Crippen MR) is 59.8 cm³/mol. The summed E-state index contributed by atoms with van der Waals surface area (Å²) in [4.78, 5) is 23.9.